The Morgan fingerprint density at radius 1 is 1.33 bits per heavy atom. The maximum atomic E-state index is 13.5. The van der Waals surface area contributed by atoms with E-state index in [1.165, 1.54) is 6.07 Å². The fraction of sp³-hybridized carbons (Fsp3) is 0.471. The van der Waals surface area contributed by atoms with Gasteiger partial charge in [-0.25, -0.2) is 9.37 Å². The molecule has 1 aromatic carbocycles. The third kappa shape index (κ3) is 3.77. The van der Waals surface area contributed by atoms with Gasteiger partial charge in [0.1, 0.15) is 11.6 Å². The van der Waals surface area contributed by atoms with Crippen molar-refractivity contribution in [3.63, 3.8) is 0 Å². The summed E-state index contributed by atoms with van der Waals surface area (Å²) in [5.41, 5.74) is -0.702. The standard InChI is InChI=1S/C17H19F4N3/c1-11-22-6-8-24(11)9-7-23-16(12-2-3-12)13-4-5-15(18)14(10-13)17(19,20)21/h4-6,8,10,12,16,23H,2-3,7,9H2,1H3. The number of rotatable bonds is 6. The molecular formula is C17H19F4N3. The molecule has 0 spiro atoms. The summed E-state index contributed by atoms with van der Waals surface area (Å²) in [6.07, 6.45) is 0.842. The van der Waals surface area contributed by atoms with Crippen LogP contribution in [-0.2, 0) is 12.7 Å². The summed E-state index contributed by atoms with van der Waals surface area (Å²) in [4.78, 5) is 4.14. The minimum absolute atomic E-state index is 0.185. The summed E-state index contributed by atoms with van der Waals surface area (Å²) in [6.45, 7) is 3.19. The van der Waals surface area contributed by atoms with Crippen LogP contribution in [0.4, 0.5) is 17.6 Å². The van der Waals surface area contributed by atoms with Gasteiger partial charge < -0.3 is 9.88 Å². The second kappa shape index (κ2) is 6.55. The Balaban J connectivity index is 1.73. The molecule has 1 fully saturated rings. The van der Waals surface area contributed by atoms with Crippen LogP contribution in [0, 0.1) is 18.7 Å². The zero-order valence-electron chi connectivity index (χ0n) is 13.3. The molecule has 1 aliphatic carbocycles. The van der Waals surface area contributed by atoms with Gasteiger partial charge in [-0.05, 0) is 43.4 Å². The van der Waals surface area contributed by atoms with Gasteiger partial charge in [-0.15, -0.1) is 0 Å². The molecule has 1 heterocycles. The van der Waals surface area contributed by atoms with E-state index in [0.29, 0.717) is 24.6 Å². The Labute approximate surface area is 137 Å². The van der Waals surface area contributed by atoms with Crippen LogP contribution in [0.15, 0.2) is 30.6 Å². The van der Waals surface area contributed by atoms with Crippen LogP contribution in [-0.4, -0.2) is 16.1 Å². The first-order valence-corrected chi connectivity index (χ1v) is 7.94. The van der Waals surface area contributed by atoms with Gasteiger partial charge in [0, 0.05) is 31.5 Å². The largest absolute Gasteiger partial charge is 0.419 e. The smallest absolute Gasteiger partial charge is 0.334 e. The maximum absolute atomic E-state index is 13.5. The second-order valence-corrected chi connectivity index (χ2v) is 6.17. The number of hydrogen-bond acceptors (Lipinski definition) is 2. The van der Waals surface area contributed by atoms with Crippen LogP contribution in [0.2, 0.25) is 0 Å². The van der Waals surface area contributed by atoms with Gasteiger partial charge in [-0.1, -0.05) is 6.07 Å². The van der Waals surface area contributed by atoms with Crippen LogP contribution in [0.3, 0.4) is 0 Å². The molecule has 1 unspecified atom stereocenters. The second-order valence-electron chi connectivity index (χ2n) is 6.17. The number of benzene rings is 1. The van der Waals surface area contributed by atoms with E-state index >= 15 is 0 Å². The van der Waals surface area contributed by atoms with Crippen molar-refractivity contribution in [2.75, 3.05) is 6.54 Å². The highest BCUT2D eigenvalue weighted by atomic mass is 19.4. The van der Waals surface area contributed by atoms with E-state index in [2.05, 4.69) is 10.3 Å². The summed E-state index contributed by atoms with van der Waals surface area (Å²) < 4.78 is 54.2. The first-order valence-electron chi connectivity index (χ1n) is 7.94. The van der Waals surface area contributed by atoms with E-state index in [0.717, 1.165) is 30.8 Å². The number of aryl methyl sites for hydroxylation is 1. The molecule has 0 radical (unpaired) electrons. The summed E-state index contributed by atoms with van der Waals surface area (Å²) in [5, 5.41) is 3.32. The van der Waals surface area contributed by atoms with Crippen molar-refractivity contribution in [3.05, 3.63) is 53.4 Å². The first kappa shape index (κ1) is 17.0. The number of aromatic nitrogens is 2. The minimum atomic E-state index is -4.68. The average molecular weight is 341 g/mol. The normalized spacial score (nSPS) is 16.4. The van der Waals surface area contributed by atoms with Crippen molar-refractivity contribution >= 4 is 0 Å². The van der Waals surface area contributed by atoms with Gasteiger partial charge in [-0.3, -0.25) is 0 Å². The van der Waals surface area contributed by atoms with Gasteiger partial charge in [0.15, 0.2) is 0 Å². The molecule has 3 nitrogen and oxygen atoms in total. The molecule has 1 aromatic heterocycles. The molecule has 7 heteroatoms. The van der Waals surface area contributed by atoms with E-state index in [-0.39, 0.29) is 6.04 Å². The third-order valence-electron chi connectivity index (χ3n) is 4.39. The van der Waals surface area contributed by atoms with Crippen molar-refractivity contribution in [2.24, 2.45) is 5.92 Å². The molecular weight excluding hydrogens is 322 g/mol. The predicted molar refractivity (Wildman–Crippen MR) is 81.8 cm³/mol. The zero-order valence-corrected chi connectivity index (χ0v) is 13.3. The highest BCUT2D eigenvalue weighted by molar-refractivity contribution is 5.30. The fourth-order valence-electron chi connectivity index (χ4n) is 2.92. The Kier molecular flexibility index (Phi) is 4.62. The fourth-order valence-corrected chi connectivity index (χ4v) is 2.92. The summed E-state index contributed by atoms with van der Waals surface area (Å²) in [7, 11) is 0. The number of hydrogen-bond donors (Lipinski definition) is 1. The van der Waals surface area contributed by atoms with Crippen LogP contribution < -0.4 is 5.32 Å². The Hall–Kier alpha value is -1.89. The molecule has 0 bridgehead atoms. The number of nitrogens with one attached hydrogen (secondary N) is 1. The summed E-state index contributed by atoms with van der Waals surface area (Å²) >= 11 is 0. The van der Waals surface area contributed by atoms with Crippen LogP contribution in [0.1, 0.15) is 35.8 Å². The Morgan fingerprint density at radius 2 is 2.08 bits per heavy atom. The molecule has 3 rings (SSSR count). The van der Waals surface area contributed by atoms with Gasteiger partial charge in [0.2, 0.25) is 0 Å². The molecule has 1 atom stereocenters. The lowest BCUT2D eigenvalue weighted by Crippen LogP contribution is -2.27. The molecule has 1 saturated carbocycles. The molecule has 1 aliphatic rings. The van der Waals surface area contributed by atoms with Gasteiger partial charge in [-0.2, -0.15) is 13.2 Å². The van der Waals surface area contributed by atoms with Crippen molar-refractivity contribution in [3.8, 4) is 0 Å². The van der Waals surface area contributed by atoms with Crippen molar-refractivity contribution < 1.29 is 17.6 Å². The molecule has 1 N–H and O–H groups in total. The molecule has 24 heavy (non-hydrogen) atoms. The van der Waals surface area contributed by atoms with Gasteiger partial charge >= 0.3 is 6.18 Å². The SMILES string of the molecule is Cc1nccn1CCNC(c1ccc(F)c(C(F)(F)F)c1)C1CC1. The molecule has 2 aromatic rings. The third-order valence-corrected chi connectivity index (χ3v) is 4.39. The number of imidazole rings is 1. The summed E-state index contributed by atoms with van der Waals surface area (Å²) in [6, 6.07) is 3.11. The average Bonchev–Trinajstić information content (AvgIpc) is 3.27. The van der Waals surface area contributed by atoms with E-state index in [9.17, 15) is 17.6 Å². The lowest BCUT2D eigenvalue weighted by Gasteiger charge is -2.21. The molecule has 0 amide bonds. The van der Waals surface area contributed by atoms with E-state index in [1.807, 2.05) is 17.7 Å². The van der Waals surface area contributed by atoms with E-state index in [1.54, 1.807) is 6.20 Å². The monoisotopic (exact) mass is 341 g/mol. The number of nitrogens with zero attached hydrogens (tertiary/aromatic N) is 2. The van der Waals surface area contributed by atoms with Crippen LogP contribution in [0.25, 0.3) is 0 Å². The molecule has 0 saturated heterocycles. The van der Waals surface area contributed by atoms with Crippen molar-refractivity contribution in [1.29, 1.82) is 0 Å². The van der Waals surface area contributed by atoms with E-state index < -0.39 is 17.6 Å². The highest BCUT2D eigenvalue weighted by Crippen LogP contribution is 2.42. The molecule has 130 valence electrons. The zero-order chi connectivity index (χ0) is 17.3. The lowest BCUT2D eigenvalue weighted by atomic mass is 9.99. The maximum Gasteiger partial charge on any atom is 0.419 e. The molecule has 0 aliphatic heterocycles. The number of alkyl halides is 3. The van der Waals surface area contributed by atoms with Crippen LogP contribution in [0.5, 0.6) is 0 Å². The topological polar surface area (TPSA) is 29.9 Å². The van der Waals surface area contributed by atoms with Crippen molar-refractivity contribution in [1.82, 2.24) is 14.9 Å². The minimum Gasteiger partial charge on any atom is -0.334 e. The summed E-state index contributed by atoms with van der Waals surface area (Å²) in [5.74, 6) is -0.0313. The Morgan fingerprint density at radius 3 is 2.67 bits per heavy atom. The predicted octanol–water partition coefficient (Wildman–Crippen LogP) is 4.09. The highest BCUT2D eigenvalue weighted by Gasteiger charge is 2.37. The number of halogens is 4. The Bertz CT molecular complexity index is 704. The van der Waals surface area contributed by atoms with Gasteiger partial charge in [0.25, 0.3) is 0 Å². The quantitative estimate of drug-likeness (QED) is 0.802. The van der Waals surface area contributed by atoms with Crippen molar-refractivity contribution in [2.45, 2.75) is 38.5 Å². The lowest BCUT2D eigenvalue weighted by molar-refractivity contribution is -0.140. The van der Waals surface area contributed by atoms with Crippen LogP contribution >= 0.6 is 0 Å². The van der Waals surface area contributed by atoms with Gasteiger partial charge in [0.05, 0.1) is 5.56 Å². The van der Waals surface area contributed by atoms with E-state index in [4.69, 9.17) is 0 Å². The first-order chi connectivity index (χ1) is 11.4.